The molecular weight excluding hydrogens is 1050 g/mol. The summed E-state index contributed by atoms with van der Waals surface area (Å²) in [5.74, 6) is -7.78. The number of carbonyl (C=O) groups excluding carboxylic acids is 2. The minimum absolute atomic E-state index is 0.0201. The Hall–Kier alpha value is -6.91. The highest BCUT2D eigenvalue weighted by Crippen LogP contribution is 2.46. The number of imidazole rings is 1. The molecule has 3 aliphatic heterocycles. The molecule has 0 bridgehead atoms. The van der Waals surface area contributed by atoms with Gasteiger partial charge >= 0.3 is 39.2 Å². The van der Waals surface area contributed by atoms with Crippen LogP contribution in [0.5, 0.6) is 5.75 Å². The summed E-state index contributed by atoms with van der Waals surface area (Å²) >= 11 is 0. The molecule has 75 heavy (non-hydrogen) atoms. The second kappa shape index (κ2) is 23.7. The van der Waals surface area contributed by atoms with Crippen molar-refractivity contribution in [2.75, 3.05) is 18.9 Å². The van der Waals surface area contributed by atoms with Gasteiger partial charge in [0.2, 0.25) is 11.8 Å². The zero-order chi connectivity index (χ0) is 55.3. The number of carbonyl (C=O) groups is 5. The van der Waals surface area contributed by atoms with E-state index in [2.05, 4.69) is 19.9 Å². The van der Waals surface area contributed by atoms with Crippen molar-refractivity contribution in [1.82, 2.24) is 44.7 Å². The number of ether oxygens (including phenoxy) is 1. The summed E-state index contributed by atoms with van der Waals surface area (Å²) in [5, 5.41) is 86.0. The predicted octanol–water partition coefficient (Wildman–Crippen LogP) is -3.88. The lowest BCUT2D eigenvalue weighted by atomic mass is 10.1. The fraction of sp³-hybridized carbons (Fsp3) is 0.462. The fourth-order valence-corrected chi connectivity index (χ4v) is 9.03. The Bertz CT molecular complexity index is 3140. The third-order valence-corrected chi connectivity index (χ3v) is 13.1. The lowest BCUT2D eigenvalue weighted by molar-refractivity contribution is -0.144. The average molecular weight is 1100 g/mol. The standard InChI is InChI=1S/C39H48N10O24P2/c1-15(34(58)45-20(38(62)63)4-6-25(52)44-19(37(60)61)5-7-26(53)54)72-74(65,66)69-11-23(51)28(55)22(50)10-48-21-9-17(3-2-16(21)8-18-32(48)46-39(64)47-35(18)59)73-75(67,68)70-12-24-29(56)30(57)36(71-24)49-14-43-27-31(40)41-13-42-33(27)49/h2-3,8-9,13-15,19-20,22-24,28-30,36,50-51,55-57H,4-7,10-12H2,1H3,(H,44,52)(H,45,58)(H,53,54)(H,60,61)(H,62,63)(H,65,66)(H,67,68)(H2,40,41,42)(H,47,59,64). The van der Waals surface area contributed by atoms with Gasteiger partial charge in [-0.25, -0.2) is 38.5 Å². The largest absolute Gasteiger partial charge is 0.527 e. The average Bonchev–Trinajstić information content (AvgIpc) is 3.89. The smallest absolute Gasteiger partial charge is 0.481 e. The molecule has 3 aliphatic rings. The normalized spacial score (nSPS) is 20.8. The highest BCUT2D eigenvalue weighted by molar-refractivity contribution is 7.48. The molecule has 36 heteroatoms. The number of pyridine rings is 1. The molecule has 2 amide bonds. The van der Waals surface area contributed by atoms with Crippen LogP contribution < -0.4 is 32.1 Å². The number of phosphoric ester groups is 2. The number of aliphatic hydroxyl groups is 5. The van der Waals surface area contributed by atoms with Crippen LogP contribution in [0.25, 0.3) is 33.5 Å². The van der Waals surface area contributed by atoms with E-state index >= 15 is 0 Å². The summed E-state index contributed by atoms with van der Waals surface area (Å²) in [6, 6.07) is 1.27. The predicted molar refractivity (Wildman–Crippen MR) is 245 cm³/mol. The number of aromatic amines is 1. The number of amides is 2. The molecule has 5 heterocycles. The second-order valence-corrected chi connectivity index (χ2v) is 19.3. The topological polar surface area (TPSA) is 529 Å². The maximum atomic E-state index is 13.2. The Labute approximate surface area is 417 Å². The number of hydrogen-bond donors (Lipinski definition) is 14. The van der Waals surface area contributed by atoms with Gasteiger partial charge < -0.3 is 75.9 Å². The van der Waals surface area contributed by atoms with Crippen molar-refractivity contribution in [1.29, 1.82) is 0 Å². The van der Waals surface area contributed by atoms with E-state index in [1.165, 1.54) is 23.0 Å². The number of nitrogens with one attached hydrogen (secondary N) is 3. The molecule has 0 radical (unpaired) electrons. The number of carboxylic acids is 3. The number of hydrogen-bond acceptors (Lipinski definition) is 24. The summed E-state index contributed by atoms with van der Waals surface area (Å²) in [5.41, 5.74) is 3.66. The SMILES string of the molecule is CC(OP(=O)(O)OCC(O)C(O)C(O)Cn1c2nc(=O)[nH]c(=O)c-2cc2ccc(OP(=O)(O)OCC3OC(n4cnc5c(N)ncnc54)C(O)C3O)cc21)C(=O)NC(CCC(=O)NC(CCC(=O)O)C(=O)O)C(=O)O. The van der Waals surface area contributed by atoms with Crippen molar-refractivity contribution < 1.29 is 107 Å². The van der Waals surface area contributed by atoms with Gasteiger partial charge in [0.15, 0.2) is 23.5 Å². The molecule has 6 rings (SSSR count). The Kier molecular flexibility index (Phi) is 18.2. The molecule has 1 fully saturated rings. The number of nitrogens with zero attached hydrogens (tertiary/aromatic N) is 6. The Morgan fingerprint density at radius 1 is 0.893 bits per heavy atom. The quantitative estimate of drug-likeness (QED) is 0.0186. The number of H-pyrrole nitrogens is 1. The molecule has 34 nitrogen and oxygen atoms in total. The van der Waals surface area contributed by atoms with Gasteiger partial charge in [0.1, 0.15) is 72.4 Å². The molecule has 15 N–H and O–H groups in total. The molecule has 2 aromatic heterocycles. The van der Waals surface area contributed by atoms with Crippen molar-refractivity contribution in [2.24, 2.45) is 0 Å². The summed E-state index contributed by atoms with van der Waals surface area (Å²) in [6.07, 6.45) is -14.8. The molecule has 408 valence electrons. The van der Waals surface area contributed by atoms with Crippen LogP contribution in [0.4, 0.5) is 5.82 Å². The Morgan fingerprint density at radius 3 is 2.25 bits per heavy atom. The minimum atomic E-state index is -5.39. The van der Waals surface area contributed by atoms with Crippen LogP contribution in [0.3, 0.4) is 0 Å². The van der Waals surface area contributed by atoms with E-state index in [4.69, 9.17) is 33.7 Å². The monoisotopic (exact) mass is 1100 g/mol. The van der Waals surface area contributed by atoms with E-state index in [0.717, 1.165) is 30.0 Å². The molecular formula is C39H48N10O24P2. The number of rotatable bonds is 26. The van der Waals surface area contributed by atoms with Crippen molar-refractivity contribution in [3.8, 4) is 17.1 Å². The van der Waals surface area contributed by atoms with Crippen molar-refractivity contribution in [2.45, 2.75) is 100 Å². The number of nitrogen functional groups attached to an aromatic ring is 1. The number of phosphoric acid groups is 2. The van der Waals surface area contributed by atoms with E-state index < -0.39 is 175 Å². The summed E-state index contributed by atoms with van der Waals surface area (Å²) < 4.78 is 53.8. The molecule has 0 spiro atoms. The van der Waals surface area contributed by atoms with E-state index in [0.29, 0.717) is 0 Å². The van der Waals surface area contributed by atoms with E-state index in [1.807, 2.05) is 15.6 Å². The maximum absolute atomic E-state index is 13.2. The number of aliphatic hydroxyl groups excluding tert-OH is 5. The van der Waals surface area contributed by atoms with Gasteiger partial charge in [-0.1, -0.05) is 0 Å². The highest BCUT2D eigenvalue weighted by atomic mass is 31.2. The zero-order valence-electron chi connectivity index (χ0n) is 38.5. The first-order valence-electron chi connectivity index (χ1n) is 21.8. The third-order valence-electron chi connectivity index (χ3n) is 11.2. The first kappa shape index (κ1) is 57.4. The number of carboxylic acid groups (broad SMARTS) is 3. The molecule has 1 aromatic carbocycles. The maximum Gasteiger partial charge on any atom is 0.527 e. The van der Waals surface area contributed by atoms with Gasteiger partial charge in [0.05, 0.1) is 37.2 Å². The van der Waals surface area contributed by atoms with Gasteiger partial charge in [0.25, 0.3) is 5.56 Å². The molecule has 12 atom stereocenters. The van der Waals surface area contributed by atoms with Crippen LogP contribution >= 0.6 is 15.6 Å². The zero-order valence-corrected chi connectivity index (χ0v) is 40.3. The van der Waals surface area contributed by atoms with Crippen LogP contribution in [0.1, 0.15) is 38.8 Å². The lowest BCUT2D eigenvalue weighted by Crippen LogP contribution is -2.46. The van der Waals surface area contributed by atoms with Gasteiger partial charge in [-0.15, -0.1) is 0 Å². The molecule has 3 aromatic rings. The number of anilines is 1. The summed E-state index contributed by atoms with van der Waals surface area (Å²) in [4.78, 5) is 123. The highest BCUT2D eigenvalue weighted by Gasteiger charge is 2.46. The van der Waals surface area contributed by atoms with Crippen molar-refractivity contribution in [3.05, 3.63) is 57.8 Å². The van der Waals surface area contributed by atoms with E-state index in [9.17, 15) is 88.2 Å². The minimum Gasteiger partial charge on any atom is -0.481 e. The van der Waals surface area contributed by atoms with Crippen LogP contribution in [0, 0.1) is 0 Å². The van der Waals surface area contributed by atoms with Gasteiger partial charge in [0, 0.05) is 18.9 Å². The molecule has 0 saturated carbocycles. The van der Waals surface area contributed by atoms with E-state index in [-0.39, 0.29) is 33.4 Å². The van der Waals surface area contributed by atoms with Crippen LogP contribution in [-0.4, -0.2) is 182 Å². The van der Waals surface area contributed by atoms with Gasteiger partial charge in [-0.3, -0.25) is 47.2 Å². The first-order chi connectivity index (χ1) is 35.1. The van der Waals surface area contributed by atoms with Crippen molar-refractivity contribution in [3.63, 3.8) is 0 Å². The van der Waals surface area contributed by atoms with Crippen molar-refractivity contribution >= 4 is 73.3 Å². The Balaban J connectivity index is 1.08. The number of aromatic nitrogens is 7. The molecule has 12 unspecified atom stereocenters. The number of fused-ring (bicyclic) bond motifs is 3. The van der Waals surface area contributed by atoms with Gasteiger partial charge in [-0.2, -0.15) is 4.98 Å². The summed E-state index contributed by atoms with van der Waals surface area (Å²) in [6.45, 7) is -2.10. The fourth-order valence-electron chi connectivity index (χ4n) is 7.37. The van der Waals surface area contributed by atoms with E-state index in [1.54, 1.807) is 0 Å². The number of benzene rings is 1. The van der Waals surface area contributed by atoms with Crippen LogP contribution in [0.15, 0.2) is 46.5 Å². The number of nitrogens with two attached hydrogens (primary N) is 1. The third kappa shape index (κ3) is 14.3. The molecule has 0 aliphatic carbocycles. The van der Waals surface area contributed by atoms with Crippen LogP contribution in [-0.2, 0) is 58.0 Å². The molecule has 1 saturated heterocycles. The van der Waals surface area contributed by atoms with Gasteiger partial charge in [-0.05, 0) is 43.4 Å². The van der Waals surface area contributed by atoms with Crippen LogP contribution in [0.2, 0.25) is 0 Å². The first-order valence-corrected chi connectivity index (χ1v) is 24.8. The number of aliphatic carboxylic acids is 3. The second-order valence-electron chi connectivity index (χ2n) is 16.5. The lowest BCUT2D eigenvalue weighted by Gasteiger charge is -2.26. The summed E-state index contributed by atoms with van der Waals surface area (Å²) in [7, 11) is -10.5. The Morgan fingerprint density at radius 2 is 1.57 bits per heavy atom.